The molecule has 0 aromatic heterocycles. The summed E-state index contributed by atoms with van der Waals surface area (Å²) in [6.07, 6.45) is 7.89. The third-order valence-corrected chi connectivity index (χ3v) is 6.36. The van der Waals surface area contributed by atoms with Gasteiger partial charge in [0, 0.05) is 24.1 Å². The van der Waals surface area contributed by atoms with Crippen molar-refractivity contribution in [3.8, 4) is 0 Å². The molecule has 0 radical (unpaired) electrons. The maximum atomic E-state index is 12.4. The molecule has 5 rings (SSSR count). The number of hydrogen-bond donors (Lipinski definition) is 2. The molecule has 2 N–H and O–H groups in total. The van der Waals surface area contributed by atoms with E-state index in [1.54, 1.807) is 0 Å². The molecule has 138 valence electrons. The zero-order valence-corrected chi connectivity index (χ0v) is 14.6. The van der Waals surface area contributed by atoms with E-state index in [2.05, 4.69) is 10.9 Å². The van der Waals surface area contributed by atoms with Crippen molar-refractivity contribution in [2.75, 3.05) is 0 Å². The lowest BCUT2D eigenvalue weighted by atomic mass is 9.49. The summed E-state index contributed by atoms with van der Waals surface area (Å²) in [5, 5.41) is 10.6. The molecule has 1 aromatic carbocycles. The summed E-state index contributed by atoms with van der Waals surface area (Å²) in [4.78, 5) is 34.6. The van der Waals surface area contributed by atoms with Gasteiger partial charge in [0.2, 0.25) is 5.91 Å². The molecule has 0 atom stereocenters. The van der Waals surface area contributed by atoms with Crippen LogP contribution in [-0.2, 0) is 4.79 Å². The Kier molecular flexibility index (Phi) is 4.17. The predicted molar refractivity (Wildman–Crippen MR) is 93.9 cm³/mol. The number of amides is 2. The minimum absolute atomic E-state index is 0.0765. The van der Waals surface area contributed by atoms with Crippen LogP contribution in [0.25, 0.3) is 0 Å². The summed E-state index contributed by atoms with van der Waals surface area (Å²) in [6, 6.07) is 5.29. The molecule has 7 heteroatoms. The number of rotatable bonds is 4. The van der Waals surface area contributed by atoms with E-state index >= 15 is 0 Å². The lowest BCUT2D eigenvalue weighted by Gasteiger charge is -2.56. The Morgan fingerprint density at radius 2 is 1.54 bits per heavy atom. The molecule has 0 unspecified atom stereocenters. The van der Waals surface area contributed by atoms with Crippen LogP contribution in [-0.4, -0.2) is 16.7 Å². The van der Waals surface area contributed by atoms with Gasteiger partial charge in [0.25, 0.3) is 11.6 Å². The Morgan fingerprint density at radius 1 is 1.00 bits per heavy atom. The van der Waals surface area contributed by atoms with Gasteiger partial charge in [0.05, 0.1) is 4.92 Å². The minimum atomic E-state index is -0.519. The Morgan fingerprint density at radius 3 is 2.04 bits per heavy atom. The molecule has 4 saturated carbocycles. The summed E-state index contributed by atoms with van der Waals surface area (Å²) in [7, 11) is 0. The molecular formula is C19H23N3O4. The minimum Gasteiger partial charge on any atom is -0.273 e. The van der Waals surface area contributed by atoms with Crippen molar-refractivity contribution in [3.63, 3.8) is 0 Å². The largest absolute Gasteiger partial charge is 0.273 e. The van der Waals surface area contributed by atoms with E-state index in [-0.39, 0.29) is 22.6 Å². The molecule has 0 spiro atoms. The van der Waals surface area contributed by atoms with Crippen LogP contribution in [0.15, 0.2) is 24.3 Å². The standard InChI is InChI=1S/C19H23N3O4/c23-17(11-19-8-12-5-13(9-19)7-14(6-12)10-19)20-21-18(24)15-1-3-16(4-2-15)22(25)26/h1-4,12-14H,5-11H2,(H,20,23)(H,21,24). The molecule has 2 amide bonds. The fourth-order valence-corrected chi connectivity index (χ4v) is 5.82. The summed E-state index contributed by atoms with van der Waals surface area (Å²) < 4.78 is 0. The Labute approximate surface area is 151 Å². The van der Waals surface area contributed by atoms with Gasteiger partial charge in [-0.25, -0.2) is 0 Å². The summed E-state index contributed by atoms with van der Waals surface area (Å²) in [5.74, 6) is 1.72. The zero-order chi connectivity index (χ0) is 18.3. The first kappa shape index (κ1) is 17.0. The smallest absolute Gasteiger partial charge is 0.269 e. The molecule has 26 heavy (non-hydrogen) atoms. The number of benzene rings is 1. The maximum absolute atomic E-state index is 12.4. The van der Waals surface area contributed by atoms with Crippen molar-refractivity contribution >= 4 is 17.5 Å². The molecule has 0 aliphatic heterocycles. The van der Waals surface area contributed by atoms with E-state index in [1.165, 1.54) is 43.5 Å². The summed E-state index contributed by atoms with van der Waals surface area (Å²) in [6.45, 7) is 0. The lowest BCUT2D eigenvalue weighted by Crippen LogP contribution is -2.50. The average Bonchev–Trinajstić information content (AvgIpc) is 2.58. The fourth-order valence-electron chi connectivity index (χ4n) is 5.82. The van der Waals surface area contributed by atoms with Gasteiger partial charge in [-0.3, -0.25) is 30.6 Å². The third kappa shape index (κ3) is 3.30. The number of nitro benzene ring substituents is 1. The van der Waals surface area contributed by atoms with Gasteiger partial charge in [-0.05, 0) is 73.8 Å². The fraction of sp³-hybridized carbons (Fsp3) is 0.579. The monoisotopic (exact) mass is 357 g/mol. The van der Waals surface area contributed by atoms with Crippen molar-refractivity contribution in [3.05, 3.63) is 39.9 Å². The first-order valence-corrected chi connectivity index (χ1v) is 9.26. The van der Waals surface area contributed by atoms with Crippen LogP contribution in [0, 0.1) is 33.3 Å². The van der Waals surface area contributed by atoms with Gasteiger partial charge in [-0.2, -0.15) is 0 Å². The average molecular weight is 357 g/mol. The number of carbonyl (C=O) groups excluding carboxylic acids is 2. The van der Waals surface area contributed by atoms with E-state index in [1.807, 2.05) is 0 Å². The molecule has 1 aromatic rings. The van der Waals surface area contributed by atoms with Crippen LogP contribution >= 0.6 is 0 Å². The number of carbonyl (C=O) groups is 2. The Bertz CT molecular complexity index is 708. The summed E-state index contributed by atoms with van der Waals surface area (Å²) >= 11 is 0. The molecular weight excluding hydrogens is 334 g/mol. The van der Waals surface area contributed by atoms with Crippen molar-refractivity contribution in [2.45, 2.75) is 44.9 Å². The quantitative estimate of drug-likeness (QED) is 0.639. The van der Waals surface area contributed by atoms with Gasteiger partial charge < -0.3 is 0 Å². The van der Waals surface area contributed by atoms with Crippen LogP contribution in [0.5, 0.6) is 0 Å². The van der Waals surface area contributed by atoms with Crippen LogP contribution in [0.2, 0.25) is 0 Å². The highest BCUT2D eigenvalue weighted by atomic mass is 16.6. The van der Waals surface area contributed by atoms with Crippen molar-refractivity contribution in [2.24, 2.45) is 23.2 Å². The van der Waals surface area contributed by atoms with Crippen LogP contribution in [0.4, 0.5) is 5.69 Å². The number of hydrogen-bond acceptors (Lipinski definition) is 4. The number of nitrogens with one attached hydrogen (secondary N) is 2. The highest BCUT2D eigenvalue weighted by molar-refractivity contribution is 5.95. The third-order valence-electron chi connectivity index (χ3n) is 6.36. The predicted octanol–water partition coefficient (Wildman–Crippen LogP) is 2.96. The molecule has 4 fully saturated rings. The van der Waals surface area contributed by atoms with E-state index in [0.29, 0.717) is 6.42 Å². The highest BCUT2D eigenvalue weighted by Gasteiger charge is 2.51. The zero-order valence-electron chi connectivity index (χ0n) is 14.6. The molecule has 4 aliphatic rings. The second-order valence-corrected chi connectivity index (χ2v) is 8.40. The number of hydrazine groups is 1. The second kappa shape index (κ2) is 6.37. The van der Waals surface area contributed by atoms with E-state index in [0.717, 1.165) is 37.0 Å². The Hall–Kier alpha value is -2.44. The van der Waals surface area contributed by atoms with Gasteiger partial charge in [0.15, 0.2) is 0 Å². The molecule has 4 bridgehead atoms. The number of nitrogens with zero attached hydrogens (tertiary/aromatic N) is 1. The molecule has 0 saturated heterocycles. The van der Waals surface area contributed by atoms with Gasteiger partial charge in [-0.15, -0.1) is 0 Å². The molecule has 7 nitrogen and oxygen atoms in total. The van der Waals surface area contributed by atoms with Crippen molar-refractivity contribution in [1.29, 1.82) is 0 Å². The van der Waals surface area contributed by atoms with Gasteiger partial charge in [0.1, 0.15) is 0 Å². The van der Waals surface area contributed by atoms with Gasteiger partial charge >= 0.3 is 0 Å². The Balaban J connectivity index is 1.31. The first-order valence-electron chi connectivity index (χ1n) is 9.26. The van der Waals surface area contributed by atoms with Crippen LogP contribution in [0.1, 0.15) is 55.3 Å². The first-order chi connectivity index (χ1) is 12.4. The van der Waals surface area contributed by atoms with E-state index in [9.17, 15) is 19.7 Å². The lowest BCUT2D eigenvalue weighted by molar-refractivity contribution is -0.384. The normalized spacial score (nSPS) is 31.5. The second-order valence-electron chi connectivity index (χ2n) is 8.40. The highest BCUT2D eigenvalue weighted by Crippen LogP contribution is 2.61. The van der Waals surface area contributed by atoms with Crippen LogP contribution < -0.4 is 10.9 Å². The van der Waals surface area contributed by atoms with Gasteiger partial charge in [-0.1, -0.05) is 0 Å². The SMILES string of the molecule is O=C(CC12CC3CC(CC(C3)C1)C2)NNC(=O)c1ccc([N+](=O)[O-])cc1. The number of non-ortho nitro benzene ring substituents is 1. The molecule has 4 aliphatic carbocycles. The summed E-state index contributed by atoms with van der Waals surface area (Å²) in [5.41, 5.74) is 5.26. The van der Waals surface area contributed by atoms with Crippen LogP contribution in [0.3, 0.4) is 0 Å². The molecule has 0 heterocycles. The topological polar surface area (TPSA) is 101 Å². The van der Waals surface area contributed by atoms with E-state index in [4.69, 9.17) is 0 Å². The van der Waals surface area contributed by atoms with Crippen molar-refractivity contribution in [1.82, 2.24) is 10.9 Å². The number of nitro groups is 1. The van der Waals surface area contributed by atoms with Crippen molar-refractivity contribution < 1.29 is 14.5 Å². The van der Waals surface area contributed by atoms with E-state index < -0.39 is 10.8 Å². The maximum Gasteiger partial charge on any atom is 0.269 e.